The Labute approximate surface area is 133 Å². The fraction of sp³-hybridized carbons (Fsp3) is 0.188. The molecule has 1 amide bonds. The molecule has 0 spiro atoms. The molecule has 0 bridgehead atoms. The molecule has 21 heavy (non-hydrogen) atoms. The second-order valence-corrected chi connectivity index (χ2v) is 6.03. The van der Waals surface area contributed by atoms with Crippen LogP contribution in [0.4, 0.5) is 11.4 Å². The number of amides is 1. The molecule has 2 rings (SSSR count). The lowest BCUT2D eigenvalue weighted by atomic mass is 10.1. The van der Waals surface area contributed by atoms with Gasteiger partial charge < -0.3 is 11.1 Å². The molecule has 0 aromatic heterocycles. The SMILES string of the molecule is CCc1cccc(NC(=O)CSc2cc(Cl)ccc2N)c1. The Morgan fingerprint density at radius 2 is 2.10 bits per heavy atom. The molecule has 0 saturated carbocycles. The molecular formula is C16H17ClN2OS. The Morgan fingerprint density at radius 1 is 1.29 bits per heavy atom. The van der Waals surface area contributed by atoms with Crippen LogP contribution in [-0.2, 0) is 11.2 Å². The van der Waals surface area contributed by atoms with Crippen LogP contribution in [0.2, 0.25) is 5.02 Å². The first-order valence-electron chi connectivity index (χ1n) is 6.65. The number of nitrogens with one attached hydrogen (secondary N) is 1. The zero-order valence-corrected chi connectivity index (χ0v) is 13.3. The van der Waals surface area contributed by atoms with Crippen LogP contribution in [0.1, 0.15) is 12.5 Å². The number of carbonyl (C=O) groups excluding carboxylic acids is 1. The van der Waals surface area contributed by atoms with Gasteiger partial charge in [-0.25, -0.2) is 0 Å². The summed E-state index contributed by atoms with van der Waals surface area (Å²) in [5, 5.41) is 3.50. The van der Waals surface area contributed by atoms with E-state index in [9.17, 15) is 4.79 Å². The number of anilines is 2. The monoisotopic (exact) mass is 320 g/mol. The number of rotatable bonds is 5. The van der Waals surface area contributed by atoms with Crippen molar-refractivity contribution in [1.82, 2.24) is 0 Å². The Hall–Kier alpha value is -1.65. The van der Waals surface area contributed by atoms with Crippen LogP contribution < -0.4 is 11.1 Å². The lowest BCUT2D eigenvalue weighted by Crippen LogP contribution is -2.14. The maximum absolute atomic E-state index is 12.0. The third-order valence-electron chi connectivity index (χ3n) is 2.95. The Kier molecular flexibility index (Phi) is 5.53. The van der Waals surface area contributed by atoms with Gasteiger partial charge in [0.05, 0.1) is 5.75 Å². The highest BCUT2D eigenvalue weighted by Gasteiger charge is 2.07. The maximum atomic E-state index is 12.0. The molecular weight excluding hydrogens is 304 g/mol. The predicted octanol–water partition coefficient (Wildman–Crippen LogP) is 4.22. The summed E-state index contributed by atoms with van der Waals surface area (Å²) in [4.78, 5) is 12.8. The molecule has 0 atom stereocenters. The van der Waals surface area contributed by atoms with Crippen LogP contribution >= 0.6 is 23.4 Å². The number of thioether (sulfide) groups is 1. The largest absolute Gasteiger partial charge is 0.398 e. The van der Waals surface area contributed by atoms with Crippen LogP contribution in [0.5, 0.6) is 0 Å². The Morgan fingerprint density at radius 3 is 2.86 bits per heavy atom. The summed E-state index contributed by atoms with van der Waals surface area (Å²) < 4.78 is 0. The number of carbonyl (C=O) groups is 1. The maximum Gasteiger partial charge on any atom is 0.234 e. The van der Waals surface area contributed by atoms with E-state index in [1.165, 1.54) is 17.3 Å². The third kappa shape index (κ3) is 4.69. The van der Waals surface area contributed by atoms with Crippen molar-refractivity contribution in [2.24, 2.45) is 0 Å². The summed E-state index contributed by atoms with van der Waals surface area (Å²) in [7, 11) is 0. The molecule has 0 aliphatic carbocycles. The van der Waals surface area contributed by atoms with E-state index in [4.69, 9.17) is 17.3 Å². The first kappa shape index (κ1) is 15.7. The molecule has 0 aliphatic heterocycles. The molecule has 110 valence electrons. The van der Waals surface area contributed by atoms with Gasteiger partial charge in [0.25, 0.3) is 0 Å². The highest BCUT2D eigenvalue weighted by molar-refractivity contribution is 8.00. The topological polar surface area (TPSA) is 55.1 Å². The zero-order valence-electron chi connectivity index (χ0n) is 11.7. The zero-order chi connectivity index (χ0) is 15.2. The van der Waals surface area contributed by atoms with Gasteiger partial charge in [0.1, 0.15) is 0 Å². The molecule has 0 fully saturated rings. The summed E-state index contributed by atoms with van der Waals surface area (Å²) in [6, 6.07) is 13.1. The number of halogens is 1. The highest BCUT2D eigenvalue weighted by atomic mass is 35.5. The minimum atomic E-state index is -0.0624. The van der Waals surface area contributed by atoms with Gasteiger partial charge in [0.15, 0.2) is 0 Å². The molecule has 0 heterocycles. The van der Waals surface area contributed by atoms with Crippen LogP contribution in [-0.4, -0.2) is 11.7 Å². The van der Waals surface area contributed by atoms with Gasteiger partial charge in [-0.1, -0.05) is 30.7 Å². The van der Waals surface area contributed by atoms with Crippen molar-refractivity contribution in [2.45, 2.75) is 18.2 Å². The van der Waals surface area contributed by atoms with E-state index in [0.717, 1.165) is 17.0 Å². The second-order valence-electron chi connectivity index (χ2n) is 4.57. The first-order chi connectivity index (χ1) is 10.1. The number of nitrogen functional groups attached to an aromatic ring is 1. The van der Waals surface area contributed by atoms with E-state index in [1.807, 2.05) is 24.3 Å². The van der Waals surface area contributed by atoms with Crippen molar-refractivity contribution >= 4 is 40.6 Å². The Balaban J connectivity index is 1.94. The molecule has 2 aromatic rings. The highest BCUT2D eigenvalue weighted by Crippen LogP contribution is 2.28. The van der Waals surface area contributed by atoms with Gasteiger partial charge in [-0.2, -0.15) is 0 Å². The van der Waals surface area contributed by atoms with Gasteiger partial charge in [-0.05, 0) is 42.3 Å². The number of hydrogen-bond acceptors (Lipinski definition) is 3. The van der Waals surface area contributed by atoms with Crippen molar-refractivity contribution in [3.05, 3.63) is 53.1 Å². The summed E-state index contributed by atoms with van der Waals surface area (Å²) in [6.45, 7) is 2.08. The van der Waals surface area contributed by atoms with Crippen molar-refractivity contribution in [3.63, 3.8) is 0 Å². The van der Waals surface area contributed by atoms with Crippen LogP contribution in [0.25, 0.3) is 0 Å². The van der Waals surface area contributed by atoms with Crippen molar-refractivity contribution < 1.29 is 4.79 Å². The smallest absolute Gasteiger partial charge is 0.234 e. The molecule has 0 unspecified atom stereocenters. The minimum Gasteiger partial charge on any atom is -0.398 e. The van der Waals surface area contributed by atoms with Gasteiger partial charge in [-0.15, -0.1) is 11.8 Å². The van der Waals surface area contributed by atoms with Gasteiger partial charge in [0, 0.05) is 21.3 Å². The van der Waals surface area contributed by atoms with E-state index in [1.54, 1.807) is 18.2 Å². The van der Waals surface area contributed by atoms with E-state index in [-0.39, 0.29) is 5.91 Å². The van der Waals surface area contributed by atoms with E-state index >= 15 is 0 Å². The summed E-state index contributed by atoms with van der Waals surface area (Å²) in [5.41, 5.74) is 8.50. The van der Waals surface area contributed by atoms with Crippen LogP contribution in [0.3, 0.4) is 0 Å². The molecule has 3 nitrogen and oxygen atoms in total. The lowest BCUT2D eigenvalue weighted by Gasteiger charge is -2.08. The summed E-state index contributed by atoms with van der Waals surface area (Å²) in [5.74, 6) is 0.230. The molecule has 3 N–H and O–H groups in total. The molecule has 5 heteroatoms. The predicted molar refractivity (Wildman–Crippen MR) is 91.0 cm³/mol. The van der Waals surface area contributed by atoms with E-state index < -0.39 is 0 Å². The normalized spacial score (nSPS) is 10.4. The summed E-state index contributed by atoms with van der Waals surface area (Å²) >= 11 is 7.30. The molecule has 0 saturated heterocycles. The van der Waals surface area contributed by atoms with E-state index in [0.29, 0.717) is 16.5 Å². The fourth-order valence-electron chi connectivity index (χ4n) is 1.84. The standard InChI is InChI=1S/C16H17ClN2OS/c1-2-11-4-3-5-13(8-11)19-16(20)10-21-15-9-12(17)6-7-14(15)18/h3-9H,2,10,18H2,1H3,(H,19,20). The quantitative estimate of drug-likeness (QED) is 0.640. The average Bonchev–Trinajstić information content (AvgIpc) is 2.48. The lowest BCUT2D eigenvalue weighted by molar-refractivity contribution is -0.113. The molecule has 0 aliphatic rings. The number of hydrogen-bond donors (Lipinski definition) is 2. The van der Waals surface area contributed by atoms with Crippen molar-refractivity contribution in [3.8, 4) is 0 Å². The second kappa shape index (κ2) is 7.38. The summed E-state index contributed by atoms with van der Waals surface area (Å²) in [6.07, 6.45) is 0.942. The van der Waals surface area contributed by atoms with Crippen LogP contribution in [0.15, 0.2) is 47.4 Å². The molecule has 2 aromatic carbocycles. The minimum absolute atomic E-state index is 0.0624. The van der Waals surface area contributed by atoms with E-state index in [2.05, 4.69) is 12.2 Å². The number of nitrogens with two attached hydrogens (primary N) is 1. The average molecular weight is 321 g/mol. The van der Waals surface area contributed by atoms with Crippen molar-refractivity contribution in [1.29, 1.82) is 0 Å². The third-order valence-corrected chi connectivity index (χ3v) is 4.26. The van der Waals surface area contributed by atoms with Gasteiger partial charge in [-0.3, -0.25) is 4.79 Å². The van der Waals surface area contributed by atoms with Gasteiger partial charge in [0.2, 0.25) is 5.91 Å². The van der Waals surface area contributed by atoms with Gasteiger partial charge >= 0.3 is 0 Å². The van der Waals surface area contributed by atoms with Crippen LogP contribution in [0, 0.1) is 0 Å². The van der Waals surface area contributed by atoms with Crippen molar-refractivity contribution in [2.75, 3.05) is 16.8 Å². The first-order valence-corrected chi connectivity index (χ1v) is 8.01. The fourth-order valence-corrected chi connectivity index (χ4v) is 2.88. The Bertz CT molecular complexity index is 646. The number of aryl methyl sites for hydroxylation is 1. The molecule has 0 radical (unpaired) electrons. The number of benzene rings is 2.